The summed E-state index contributed by atoms with van der Waals surface area (Å²) in [5.41, 5.74) is 1.54. The van der Waals surface area contributed by atoms with Crippen LogP contribution in [0.15, 0.2) is 24.3 Å². The molecule has 15 heavy (non-hydrogen) atoms. The maximum atomic E-state index is 11.6. The van der Waals surface area contributed by atoms with Crippen molar-refractivity contribution in [3.8, 4) is 0 Å². The van der Waals surface area contributed by atoms with Crippen LogP contribution in [0.2, 0.25) is 0 Å². The molecule has 0 aliphatic carbocycles. The molecule has 1 saturated heterocycles. The molecule has 0 radical (unpaired) electrons. The van der Waals surface area contributed by atoms with Gasteiger partial charge in [0.2, 0.25) is 5.91 Å². The van der Waals surface area contributed by atoms with E-state index in [2.05, 4.69) is 0 Å². The van der Waals surface area contributed by atoms with Gasteiger partial charge in [-0.2, -0.15) is 0 Å². The van der Waals surface area contributed by atoms with Gasteiger partial charge in [-0.1, -0.05) is 0 Å². The van der Waals surface area contributed by atoms with Gasteiger partial charge in [-0.25, -0.2) is 0 Å². The lowest BCUT2D eigenvalue weighted by atomic mass is 10.1. The summed E-state index contributed by atoms with van der Waals surface area (Å²) in [6.45, 7) is 0.791. The van der Waals surface area contributed by atoms with Gasteiger partial charge in [0.15, 0.2) is 0 Å². The van der Waals surface area contributed by atoms with Gasteiger partial charge in [-0.3, -0.25) is 9.59 Å². The van der Waals surface area contributed by atoms with E-state index in [9.17, 15) is 9.59 Å². The Balaban J connectivity index is 2.20. The highest BCUT2D eigenvalue weighted by Gasteiger charge is 2.18. The zero-order valence-corrected chi connectivity index (χ0v) is 8.48. The number of hydrogen-bond acceptors (Lipinski definition) is 2. The van der Waals surface area contributed by atoms with Crippen LogP contribution in [0.4, 0.5) is 5.69 Å². The van der Waals surface area contributed by atoms with Gasteiger partial charge in [-0.05, 0) is 37.1 Å². The average molecular weight is 203 g/mol. The summed E-state index contributed by atoms with van der Waals surface area (Å²) in [4.78, 5) is 23.9. The molecule has 2 rings (SSSR count). The average Bonchev–Trinajstić information content (AvgIpc) is 2.30. The lowest BCUT2D eigenvalue weighted by molar-refractivity contribution is -0.119. The molecule has 1 heterocycles. The lowest BCUT2D eigenvalue weighted by Crippen LogP contribution is -2.35. The summed E-state index contributed by atoms with van der Waals surface area (Å²) < 4.78 is 0. The number of anilines is 1. The molecule has 1 aliphatic heterocycles. The van der Waals surface area contributed by atoms with Crippen LogP contribution in [-0.2, 0) is 4.79 Å². The number of carbonyl (C=O) groups excluding carboxylic acids is 2. The third-order valence-electron chi connectivity index (χ3n) is 2.66. The van der Waals surface area contributed by atoms with Crippen molar-refractivity contribution in [2.75, 3.05) is 11.4 Å². The topological polar surface area (TPSA) is 37.4 Å². The lowest BCUT2D eigenvalue weighted by Gasteiger charge is -2.26. The standard InChI is InChI=1S/C12H13NO2/c14-9-10-4-6-11(7-5-10)13-8-2-1-3-12(13)15/h4-7,9H,1-3,8H2. The van der Waals surface area contributed by atoms with Crippen LogP contribution >= 0.6 is 0 Å². The minimum Gasteiger partial charge on any atom is -0.312 e. The first kappa shape index (κ1) is 9.90. The number of aldehydes is 1. The molecule has 0 N–H and O–H groups in total. The van der Waals surface area contributed by atoms with Crippen molar-refractivity contribution < 1.29 is 9.59 Å². The largest absolute Gasteiger partial charge is 0.312 e. The molecule has 1 fully saturated rings. The normalized spacial score (nSPS) is 16.5. The van der Waals surface area contributed by atoms with Crippen LogP contribution in [0, 0.1) is 0 Å². The molecule has 78 valence electrons. The number of rotatable bonds is 2. The number of piperidine rings is 1. The van der Waals surface area contributed by atoms with Crippen LogP contribution in [0.1, 0.15) is 29.6 Å². The van der Waals surface area contributed by atoms with E-state index in [1.54, 1.807) is 17.0 Å². The second-order valence-electron chi connectivity index (χ2n) is 3.71. The maximum absolute atomic E-state index is 11.6. The predicted molar refractivity (Wildman–Crippen MR) is 58.0 cm³/mol. The molecule has 1 amide bonds. The van der Waals surface area contributed by atoms with E-state index in [0.29, 0.717) is 12.0 Å². The molecule has 1 aliphatic rings. The predicted octanol–water partition coefficient (Wildman–Crippen LogP) is 2.02. The summed E-state index contributed by atoms with van der Waals surface area (Å²) in [5.74, 6) is 0.181. The van der Waals surface area contributed by atoms with Crippen molar-refractivity contribution in [3.63, 3.8) is 0 Å². The van der Waals surface area contributed by atoms with Gasteiger partial charge in [-0.15, -0.1) is 0 Å². The van der Waals surface area contributed by atoms with Crippen LogP contribution < -0.4 is 4.90 Å². The van der Waals surface area contributed by atoms with Crippen LogP contribution in [-0.4, -0.2) is 18.7 Å². The molecule has 0 saturated carbocycles. The highest BCUT2D eigenvalue weighted by atomic mass is 16.2. The minimum atomic E-state index is 0.181. The minimum absolute atomic E-state index is 0.181. The SMILES string of the molecule is O=Cc1ccc(N2CCCCC2=O)cc1. The maximum Gasteiger partial charge on any atom is 0.226 e. The molecule has 3 nitrogen and oxygen atoms in total. The fourth-order valence-electron chi connectivity index (χ4n) is 1.81. The number of carbonyl (C=O) groups is 2. The molecule has 0 bridgehead atoms. The number of amides is 1. The van der Waals surface area contributed by atoms with Gasteiger partial charge in [0.25, 0.3) is 0 Å². The van der Waals surface area contributed by atoms with Crippen molar-refractivity contribution in [2.24, 2.45) is 0 Å². The fraction of sp³-hybridized carbons (Fsp3) is 0.333. The number of hydrogen-bond donors (Lipinski definition) is 0. The summed E-state index contributed by atoms with van der Waals surface area (Å²) in [5, 5.41) is 0. The monoisotopic (exact) mass is 203 g/mol. The third-order valence-corrected chi connectivity index (χ3v) is 2.66. The molecule has 0 unspecified atom stereocenters. The number of benzene rings is 1. The second kappa shape index (κ2) is 4.26. The van der Waals surface area contributed by atoms with Gasteiger partial charge in [0.1, 0.15) is 6.29 Å². The molecule has 0 spiro atoms. The van der Waals surface area contributed by atoms with E-state index < -0.39 is 0 Å². The Hall–Kier alpha value is -1.64. The first-order valence-electron chi connectivity index (χ1n) is 5.17. The van der Waals surface area contributed by atoms with Gasteiger partial charge in [0, 0.05) is 24.2 Å². The molecule has 1 aromatic rings. The zero-order chi connectivity index (χ0) is 10.7. The Labute approximate surface area is 88.7 Å². The Kier molecular flexibility index (Phi) is 2.81. The molecular weight excluding hydrogens is 190 g/mol. The Morgan fingerprint density at radius 1 is 1.13 bits per heavy atom. The van der Waals surface area contributed by atoms with E-state index in [1.807, 2.05) is 12.1 Å². The molecular formula is C12H13NO2. The van der Waals surface area contributed by atoms with E-state index in [0.717, 1.165) is 31.4 Å². The van der Waals surface area contributed by atoms with Gasteiger partial charge in [0.05, 0.1) is 0 Å². The molecule has 1 aromatic carbocycles. The highest BCUT2D eigenvalue weighted by molar-refractivity contribution is 5.94. The summed E-state index contributed by atoms with van der Waals surface area (Å²) in [7, 11) is 0. The first-order valence-corrected chi connectivity index (χ1v) is 5.17. The van der Waals surface area contributed by atoms with E-state index >= 15 is 0 Å². The van der Waals surface area contributed by atoms with Crippen molar-refractivity contribution in [1.29, 1.82) is 0 Å². The third kappa shape index (κ3) is 2.06. The van der Waals surface area contributed by atoms with Crippen LogP contribution in [0.3, 0.4) is 0 Å². The Morgan fingerprint density at radius 3 is 2.47 bits per heavy atom. The fourth-order valence-corrected chi connectivity index (χ4v) is 1.81. The van der Waals surface area contributed by atoms with E-state index in [4.69, 9.17) is 0 Å². The van der Waals surface area contributed by atoms with Gasteiger partial charge >= 0.3 is 0 Å². The van der Waals surface area contributed by atoms with Gasteiger partial charge < -0.3 is 4.90 Å². The molecule has 0 atom stereocenters. The van der Waals surface area contributed by atoms with Crippen molar-refractivity contribution in [1.82, 2.24) is 0 Å². The van der Waals surface area contributed by atoms with E-state index in [1.165, 1.54) is 0 Å². The summed E-state index contributed by atoms with van der Waals surface area (Å²) >= 11 is 0. The quantitative estimate of drug-likeness (QED) is 0.689. The first-order chi connectivity index (χ1) is 7.31. The highest BCUT2D eigenvalue weighted by Crippen LogP contribution is 2.20. The van der Waals surface area contributed by atoms with Crippen molar-refractivity contribution >= 4 is 17.9 Å². The van der Waals surface area contributed by atoms with Crippen molar-refractivity contribution in [2.45, 2.75) is 19.3 Å². The van der Waals surface area contributed by atoms with E-state index in [-0.39, 0.29) is 5.91 Å². The summed E-state index contributed by atoms with van der Waals surface area (Å²) in [6, 6.07) is 7.13. The van der Waals surface area contributed by atoms with Crippen LogP contribution in [0.25, 0.3) is 0 Å². The second-order valence-corrected chi connectivity index (χ2v) is 3.71. The smallest absolute Gasteiger partial charge is 0.226 e. The Morgan fingerprint density at radius 2 is 1.87 bits per heavy atom. The van der Waals surface area contributed by atoms with Crippen LogP contribution in [0.5, 0.6) is 0 Å². The van der Waals surface area contributed by atoms with Crippen molar-refractivity contribution in [3.05, 3.63) is 29.8 Å². The molecule has 3 heteroatoms. The summed E-state index contributed by atoms with van der Waals surface area (Å²) in [6.07, 6.45) is 3.49. The number of nitrogens with zero attached hydrogens (tertiary/aromatic N) is 1. The Bertz CT molecular complexity index is 370. The molecule has 0 aromatic heterocycles. The zero-order valence-electron chi connectivity index (χ0n) is 8.48.